The van der Waals surface area contributed by atoms with E-state index in [0.29, 0.717) is 5.92 Å². The summed E-state index contributed by atoms with van der Waals surface area (Å²) in [7, 11) is 0. The topological polar surface area (TPSA) is 84.2 Å². The lowest BCUT2D eigenvalue weighted by atomic mass is 9.98. The monoisotopic (exact) mass is 325 g/mol. The molecule has 126 valence electrons. The van der Waals surface area contributed by atoms with Gasteiger partial charge >= 0.3 is 6.03 Å². The van der Waals surface area contributed by atoms with E-state index < -0.39 is 18.0 Å². The second-order valence-electron chi connectivity index (χ2n) is 5.77. The lowest BCUT2D eigenvalue weighted by Crippen LogP contribution is -2.40. The molecule has 0 heterocycles. The van der Waals surface area contributed by atoms with Crippen LogP contribution in [-0.2, 0) is 4.79 Å². The Morgan fingerprint density at radius 2 is 1.62 bits per heavy atom. The van der Waals surface area contributed by atoms with Crippen LogP contribution in [0.4, 0.5) is 10.5 Å². The fourth-order valence-electron chi connectivity index (χ4n) is 2.45. The maximum atomic E-state index is 12.3. The van der Waals surface area contributed by atoms with Crippen LogP contribution in [0.5, 0.6) is 0 Å². The number of anilines is 1. The maximum Gasteiger partial charge on any atom is 0.318 e. The predicted octanol–water partition coefficient (Wildman–Crippen LogP) is 3.55. The van der Waals surface area contributed by atoms with E-state index in [4.69, 9.17) is 5.73 Å². The van der Waals surface area contributed by atoms with Crippen LogP contribution in [0.15, 0.2) is 54.6 Å². The maximum absolute atomic E-state index is 12.3. The highest BCUT2D eigenvalue weighted by atomic mass is 16.2. The molecular weight excluding hydrogens is 302 g/mol. The van der Waals surface area contributed by atoms with Gasteiger partial charge in [0, 0.05) is 5.69 Å². The van der Waals surface area contributed by atoms with E-state index in [0.717, 1.165) is 17.7 Å². The van der Waals surface area contributed by atoms with Crippen molar-refractivity contribution >= 4 is 17.6 Å². The number of benzene rings is 2. The van der Waals surface area contributed by atoms with Crippen LogP contribution in [0.3, 0.4) is 0 Å². The number of urea groups is 1. The third-order valence-corrected chi connectivity index (χ3v) is 4.04. The van der Waals surface area contributed by atoms with Crippen molar-refractivity contribution in [3.8, 4) is 0 Å². The molecule has 0 saturated heterocycles. The summed E-state index contributed by atoms with van der Waals surface area (Å²) in [6.45, 7) is 4.33. The summed E-state index contributed by atoms with van der Waals surface area (Å²) >= 11 is 0. The molecule has 2 atom stereocenters. The second-order valence-corrected chi connectivity index (χ2v) is 5.77. The number of hydrogen-bond donors (Lipinski definition) is 3. The molecule has 0 aromatic heterocycles. The van der Waals surface area contributed by atoms with Crippen molar-refractivity contribution in [1.82, 2.24) is 5.32 Å². The minimum atomic E-state index is -0.866. The molecule has 2 aromatic carbocycles. The summed E-state index contributed by atoms with van der Waals surface area (Å²) < 4.78 is 0. The van der Waals surface area contributed by atoms with Crippen LogP contribution < -0.4 is 16.4 Å². The molecule has 5 heteroatoms. The number of imide groups is 1. The Bertz CT molecular complexity index is 684. The fourth-order valence-corrected chi connectivity index (χ4v) is 2.45. The summed E-state index contributed by atoms with van der Waals surface area (Å²) in [6, 6.07) is 15.6. The van der Waals surface area contributed by atoms with Gasteiger partial charge in [-0.25, -0.2) is 4.79 Å². The van der Waals surface area contributed by atoms with Crippen LogP contribution in [0.25, 0.3) is 0 Å². The highest BCUT2D eigenvalue weighted by molar-refractivity contribution is 5.98. The molecule has 0 unspecified atom stereocenters. The van der Waals surface area contributed by atoms with E-state index in [9.17, 15) is 9.59 Å². The molecule has 3 amide bonds. The molecule has 0 aliphatic carbocycles. The smallest absolute Gasteiger partial charge is 0.318 e. The number of nitrogens with one attached hydrogen (secondary N) is 2. The zero-order chi connectivity index (χ0) is 17.5. The minimum absolute atomic E-state index is 0.486. The van der Waals surface area contributed by atoms with E-state index in [-0.39, 0.29) is 0 Å². The third-order valence-electron chi connectivity index (χ3n) is 4.04. The van der Waals surface area contributed by atoms with Crippen LogP contribution in [-0.4, -0.2) is 11.9 Å². The number of amides is 3. The summed E-state index contributed by atoms with van der Waals surface area (Å²) in [6.07, 6.45) is 1.07. The van der Waals surface area contributed by atoms with Gasteiger partial charge in [0.25, 0.3) is 5.91 Å². The van der Waals surface area contributed by atoms with Gasteiger partial charge in [-0.05, 0) is 35.6 Å². The molecule has 4 N–H and O–H groups in total. The molecule has 5 nitrogen and oxygen atoms in total. The molecular formula is C19H23N3O2. The Balaban J connectivity index is 2.22. The van der Waals surface area contributed by atoms with Gasteiger partial charge in [0.1, 0.15) is 6.04 Å². The second kappa shape index (κ2) is 8.15. The fraction of sp³-hybridized carbons (Fsp3) is 0.263. The number of primary amides is 1. The lowest BCUT2D eigenvalue weighted by Gasteiger charge is -2.19. The van der Waals surface area contributed by atoms with Crippen molar-refractivity contribution < 1.29 is 9.59 Å². The summed E-state index contributed by atoms with van der Waals surface area (Å²) in [4.78, 5) is 23.3. The molecule has 24 heavy (non-hydrogen) atoms. The van der Waals surface area contributed by atoms with E-state index >= 15 is 0 Å². The SMILES string of the molecule is CC[C@H](C)c1ccc(N[C@H](C(=O)NC(N)=O)c2ccccc2)cc1. The summed E-state index contributed by atoms with van der Waals surface area (Å²) in [5.41, 5.74) is 7.88. The van der Waals surface area contributed by atoms with Crippen molar-refractivity contribution in [2.45, 2.75) is 32.2 Å². The molecule has 0 aliphatic heterocycles. The van der Waals surface area contributed by atoms with Gasteiger partial charge < -0.3 is 11.1 Å². The molecule has 0 spiro atoms. The minimum Gasteiger partial charge on any atom is -0.370 e. The average Bonchev–Trinajstić information content (AvgIpc) is 2.59. The van der Waals surface area contributed by atoms with E-state index in [1.54, 1.807) is 0 Å². The van der Waals surface area contributed by atoms with Crippen LogP contribution in [0.2, 0.25) is 0 Å². The first-order valence-electron chi connectivity index (χ1n) is 8.03. The quantitative estimate of drug-likeness (QED) is 0.759. The molecule has 0 saturated carbocycles. The number of carbonyl (C=O) groups excluding carboxylic acids is 2. The Morgan fingerprint density at radius 1 is 1.00 bits per heavy atom. The highest BCUT2D eigenvalue weighted by Gasteiger charge is 2.21. The number of hydrogen-bond acceptors (Lipinski definition) is 3. The first-order valence-corrected chi connectivity index (χ1v) is 8.03. The van der Waals surface area contributed by atoms with Gasteiger partial charge in [-0.2, -0.15) is 0 Å². The third kappa shape index (κ3) is 4.59. The molecule has 0 aliphatic rings. The zero-order valence-electron chi connectivity index (χ0n) is 14.0. The van der Waals surface area contributed by atoms with Gasteiger partial charge in [-0.15, -0.1) is 0 Å². The number of carbonyl (C=O) groups is 2. The Hall–Kier alpha value is -2.82. The van der Waals surface area contributed by atoms with Gasteiger partial charge in [-0.1, -0.05) is 56.3 Å². The first kappa shape index (κ1) is 17.5. The first-order chi connectivity index (χ1) is 11.5. The average molecular weight is 325 g/mol. The van der Waals surface area contributed by atoms with Gasteiger partial charge in [-0.3, -0.25) is 10.1 Å². The van der Waals surface area contributed by atoms with Gasteiger partial charge in [0.2, 0.25) is 0 Å². The molecule has 0 radical (unpaired) electrons. The van der Waals surface area contributed by atoms with E-state index in [1.165, 1.54) is 5.56 Å². The largest absolute Gasteiger partial charge is 0.370 e. The van der Waals surface area contributed by atoms with Crippen LogP contribution >= 0.6 is 0 Å². The van der Waals surface area contributed by atoms with Crippen molar-refractivity contribution in [3.05, 3.63) is 65.7 Å². The predicted molar refractivity (Wildman–Crippen MR) is 95.7 cm³/mol. The number of rotatable bonds is 6. The van der Waals surface area contributed by atoms with Crippen molar-refractivity contribution in [3.63, 3.8) is 0 Å². The van der Waals surface area contributed by atoms with E-state index in [2.05, 4.69) is 24.5 Å². The van der Waals surface area contributed by atoms with Crippen molar-refractivity contribution in [2.75, 3.05) is 5.32 Å². The standard InChI is InChI=1S/C19H23N3O2/c1-3-13(2)14-9-11-16(12-10-14)21-17(18(23)22-19(20)24)15-7-5-4-6-8-15/h4-13,17,21H,3H2,1-2H3,(H3,20,22,23,24)/t13-,17-/m0/s1. The highest BCUT2D eigenvalue weighted by Crippen LogP contribution is 2.24. The Morgan fingerprint density at radius 3 is 2.17 bits per heavy atom. The normalized spacial score (nSPS) is 12.9. The van der Waals surface area contributed by atoms with Crippen molar-refractivity contribution in [1.29, 1.82) is 0 Å². The molecule has 0 fully saturated rings. The summed E-state index contributed by atoms with van der Waals surface area (Å²) in [5.74, 6) is 0.00170. The van der Waals surface area contributed by atoms with Crippen LogP contribution in [0.1, 0.15) is 43.4 Å². The Labute approximate surface area is 142 Å². The van der Waals surface area contributed by atoms with Crippen molar-refractivity contribution in [2.24, 2.45) is 5.73 Å². The molecule has 0 bridgehead atoms. The lowest BCUT2D eigenvalue weighted by molar-refractivity contribution is -0.120. The molecule has 2 aromatic rings. The molecule has 2 rings (SSSR count). The Kier molecular flexibility index (Phi) is 5.95. The summed E-state index contributed by atoms with van der Waals surface area (Å²) in [5, 5.41) is 5.30. The van der Waals surface area contributed by atoms with Crippen LogP contribution in [0, 0.1) is 0 Å². The van der Waals surface area contributed by atoms with Gasteiger partial charge in [0.05, 0.1) is 0 Å². The van der Waals surface area contributed by atoms with Gasteiger partial charge in [0.15, 0.2) is 0 Å². The van der Waals surface area contributed by atoms with E-state index in [1.807, 2.05) is 54.6 Å². The zero-order valence-corrected chi connectivity index (χ0v) is 14.0. The number of nitrogens with two attached hydrogens (primary N) is 1.